The molecule has 0 aliphatic rings. The molecule has 1 aromatic carbocycles. The first-order valence-electron chi connectivity index (χ1n) is 6.00. The van der Waals surface area contributed by atoms with E-state index in [0.29, 0.717) is 0 Å². The SMILES string of the molecule is C=CCCCC(NC)c1cccc(OC(F)F)c1. The first-order chi connectivity index (χ1) is 8.67. The van der Waals surface area contributed by atoms with Crippen LogP contribution in [0.4, 0.5) is 8.78 Å². The normalized spacial score (nSPS) is 12.4. The summed E-state index contributed by atoms with van der Waals surface area (Å²) in [6.45, 7) is 0.896. The number of hydrogen-bond donors (Lipinski definition) is 1. The van der Waals surface area contributed by atoms with Gasteiger partial charge < -0.3 is 10.1 Å². The van der Waals surface area contributed by atoms with Crippen molar-refractivity contribution in [2.75, 3.05) is 7.05 Å². The van der Waals surface area contributed by atoms with Gasteiger partial charge in [-0.2, -0.15) is 8.78 Å². The van der Waals surface area contributed by atoms with E-state index in [-0.39, 0.29) is 11.8 Å². The maximum Gasteiger partial charge on any atom is 0.387 e. The Balaban J connectivity index is 2.69. The summed E-state index contributed by atoms with van der Waals surface area (Å²) >= 11 is 0. The number of alkyl halides is 2. The summed E-state index contributed by atoms with van der Waals surface area (Å²) in [4.78, 5) is 0. The third-order valence-electron chi connectivity index (χ3n) is 2.74. The molecule has 0 saturated heterocycles. The van der Waals surface area contributed by atoms with Crippen LogP contribution in [-0.4, -0.2) is 13.7 Å². The topological polar surface area (TPSA) is 21.3 Å². The smallest absolute Gasteiger partial charge is 0.387 e. The minimum absolute atomic E-state index is 0.145. The van der Waals surface area contributed by atoms with Gasteiger partial charge in [0.2, 0.25) is 0 Å². The van der Waals surface area contributed by atoms with Crippen LogP contribution in [0.1, 0.15) is 30.9 Å². The first-order valence-corrected chi connectivity index (χ1v) is 6.00. The van der Waals surface area contributed by atoms with Crippen molar-refractivity contribution in [3.05, 3.63) is 42.5 Å². The highest BCUT2D eigenvalue weighted by atomic mass is 19.3. The van der Waals surface area contributed by atoms with Crippen LogP contribution >= 0.6 is 0 Å². The first kappa shape index (κ1) is 14.6. The van der Waals surface area contributed by atoms with Gasteiger partial charge >= 0.3 is 6.61 Å². The number of rotatable bonds is 8. The molecule has 1 rings (SSSR count). The Labute approximate surface area is 107 Å². The molecule has 0 bridgehead atoms. The van der Waals surface area contributed by atoms with Crippen LogP contribution in [0.15, 0.2) is 36.9 Å². The van der Waals surface area contributed by atoms with Gasteiger partial charge in [0.1, 0.15) is 5.75 Å². The molecular weight excluding hydrogens is 236 g/mol. The van der Waals surface area contributed by atoms with Gasteiger partial charge in [0.05, 0.1) is 0 Å². The molecule has 4 heteroatoms. The third kappa shape index (κ3) is 4.84. The predicted octanol–water partition coefficient (Wildman–Crippen LogP) is 3.90. The Morgan fingerprint density at radius 2 is 2.22 bits per heavy atom. The lowest BCUT2D eigenvalue weighted by atomic mass is 10.0. The summed E-state index contributed by atoms with van der Waals surface area (Å²) in [5, 5.41) is 3.18. The molecule has 18 heavy (non-hydrogen) atoms. The Bertz CT molecular complexity index is 369. The zero-order chi connectivity index (χ0) is 13.4. The second kappa shape index (κ2) is 7.82. The molecule has 1 unspecified atom stereocenters. The Morgan fingerprint density at radius 3 is 2.83 bits per heavy atom. The molecule has 0 aliphatic carbocycles. The van der Waals surface area contributed by atoms with E-state index in [4.69, 9.17) is 0 Å². The summed E-state index contributed by atoms with van der Waals surface area (Å²) in [7, 11) is 1.86. The maximum absolute atomic E-state index is 12.1. The summed E-state index contributed by atoms with van der Waals surface area (Å²) in [5.41, 5.74) is 0.958. The van der Waals surface area contributed by atoms with Crippen molar-refractivity contribution in [3.63, 3.8) is 0 Å². The number of allylic oxidation sites excluding steroid dienone is 1. The number of benzene rings is 1. The van der Waals surface area contributed by atoms with Crippen molar-refractivity contribution < 1.29 is 13.5 Å². The zero-order valence-corrected chi connectivity index (χ0v) is 10.5. The molecule has 1 atom stereocenters. The van der Waals surface area contributed by atoms with E-state index < -0.39 is 6.61 Å². The summed E-state index contributed by atoms with van der Waals surface area (Å²) in [6, 6.07) is 6.97. The maximum atomic E-state index is 12.1. The van der Waals surface area contributed by atoms with Crippen molar-refractivity contribution in [2.24, 2.45) is 0 Å². The number of unbranched alkanes of at least 4 members (excludes halogenated alkanes) is 1. The molecule has 0 amide bonds. The Morgan fingerprint density at radius 1 is 1.44 bits per heavy atom. The molecule has 0 fully saturated rings. The summed E-state index contributed by atoms with van der Waals surface area (Å²) < 4.78 is 28.7. The van der Waals surface area contributed by atoms with E-state index >= 15 is 0 Å². The van der Waals surface area contributed by atoms with Gasteiger partial charge in [0, 0.05) is 6.04 Å². The molecule has 0 aromatic heterocycles. The quantitative estimate of drug-likeness (QED) is 0.562. The fourth-order valence-corrected chi connectivity index (χ4v) is 1.85. The van der Waals surface area contributed by atoms with Crippen molar-refractivity contribution in [1.29, 1.82) is 0 Å². The minimum Gasteiger partial charge on any atom is -0.435 e. The lowest BCUT2D eigenvalue weighted by Gasteiger charge is -2.17. The molecule has 1 aromatic rings. The van der Waals surface area contributed by atoms with Gasteiger partial charge in [-0.25, -0.2) is 0 Å². The fourth-order valence-electron chi connectivity index (χ4n) is 1.85. The Kier molecular flexibility index (Phi) is 6.36. The van der Waals surface area contributed by atoms with Gasteiger partial charge in [-0.15, -0.1) is 6.58 Å². The highest BCUT2D eigenvalue weighted by Gasteiger charge is 2.11. The molecule has 0 spiro atoms. The number of nitrogens with one attached hydrogen (secondary N) is 1. The monoisotopic (exact) mass is 255 g/mol. The lowest BCUT2D eigenvalue weighted by molar-refractivity contribution is -0.0499. The van der Waals surface area contributed by atoms with Crippen molar-refractivity contribution in [2.45, 2.75) is 31.9 Å². The van der Waals surface area contributed by atoms with Gasteiger partial charge in [-0.3, -0.25) is 0 Å². The van der Waals surface area contributed by atoms with Gasteiger partial charge in [-0.1, -0.05) is 18.2 Å². The van der Waals surface area contributed by atoms with Crippen LogP contribution in [0.3, 0.4) is 0 Å². The van der Waals surface area contributed by atoms with E-state index in [2.05, 4.69) is 16.6 Å². The predicted molar refractivity (Wildman–Crippen MR) is 68.9 cm³/mol. The molecule has 100 valence electrons. The standard InChI is InChI=1S/C14H19F2NO/c1-3-4-5-9-13(17-2)11-7-6-8-12(10-11)18-14(15)16/h3,6-8,10,13-14,17H,1,4-5,9H2,2H3. The van der Waals surface area contributed by atoms with Crippen LogP contribution in [0, 0.1) is 0 Å². The highest BCUT2D eigenvalue weighted by molar-refractivity contribution is 5.30. The van der Waals surface area contributed by atoms with E-state index in [0.717, 1.165) is 24.8 Å². The van der Waals surface area contributed by atoms with Crippen molar-refractivity contribution >= 4 is 0 Å². The molecule has 0 heterocycles. The van der Waals surface area contributed by atoms with Crippen molar-refractivity contribution in [1.82, 2.24) is 5.32 Å². The average Bonchev–Trinajstić information content (AvgIpc) is 2.34. The van der Waals surface area contributed by atoms with Crippen LogP contribution in [-0.2, 0) is 0 Å². The van der Waals surface area contributed by atoms with Gasteiger partial charge in [0.25, 0.3) is 0 Å². The van der Waals surface area contributed by atoms with E-state index in [1.165, 1.54) is 6.07 Å². The van der Waals surface area contributed by atoms with Crippen LogP contribution in [0.5, 0.6) is 5.75 Å². The lowest BCUT2D eigenvalue weighted by Crippen LogP contribution is -2.16. The van der Waals surface area contributed by atoms with Gasteiger partial charge in [0.15, 0.2) is 0 Å². The van der Waals surface area contributed by atoms with Crippen LogP contribution < -0.4 is 10.1 Å². The molecule has 0 radical (unpaired) electrons. The molecule has 0 saturated carbocycles. The summed E-state index contributed by atoms with van der Waals surface area (Å²) in [6.07, 6.45) is 4.77. The second-order valence-electron chi connectivity index (χ2n) is 4.01. The van der Waals surface area contributed by atoms with Crippen LogP contribution in [0.25, 0.3) is 0 Å². The van der Waals surface area contributed by atoms with Crippen LogP contribution in [0.2, 0.25) is 0 Å². The zero-order valence-electron chi connectivity index (χ0n) is 10.5. The molecule has 0 aliphatic heterocycles. The molecule has 1 N–H and O–H groups in total. The Hall–Kier alpha value is -1.42. The fraction of sp³-hybridized carbons (Fsp3) is 0.429. The highest BCUT2D eigenvalue weighted by Crippen LogP contribution is 2.24. The summed E-state index contributed by atoms with van der Waals surface area (Å²) in [5.74, 6) is 0.200. The second-order valence-corrected chi connectivity index (χ2v) is 4.01. The van der Waals surface area contributed by atoms with E-state index in [1.54, 1.807) is 12.1 Å². The van der Waals surface area contributed by atoms with E-state index in [9.17, 15) is 8.78 Å². The number of hydrogen-bond acceptors (Lipinski definition) is 2. The molecule has 2 nitrogen and oxygen atoms in total. The number of halogens is 2. The average molecular weight is 255 g/mol. The van der Waals surface area contributed by atoms with Crippen molar-refractivity contribution in [3.8, 4) is 5.75 Å². The van der Waals surface area contributed by atoms with Gasteiger partial charge in [-0.05, 0) is 44.0 Å². The largest absolute Gasteiger partial charge is 0.435 e. The third-order valence-corrected chi connectivity index (χ3v) is 2.74. The van der Waals surface area contributed by atoms with E-state index in [1.807, 2.05) is 19.2 Å². The molecular formula is C14H19F2NO. The number of ether oxygens (including phenoxy) is 1. The minimum atomic E-state index is -2.78.